The van der Waals surface area contributed by atoms with Crippen LogP contribution in [0, 0.1) is 0 Å². The van der Waals surface area contributed by atoms with Crippen molar-refractivity contribution in [3.8, 4) is 0 Å². The molecule has 1 atom stereocenters. The van der Waals surface area contributed by atoms with Crippen molar-refractivity contribution in [2.45, 2.75) is 51.4 Å². The minimum atomic E-state index is -0.201. The zero-order valence-corrected chi connectivity index (χ0v) is 15.0. The number of nitrogens with zero attached hydrogens (tertiary/aromatic N) is 3. The molecule has 5 heterocycles. The monoisotopic (exact) mass is 354 g/mol. The van der Waals surface area contributed by atoms with Gasteiger partial charge in [0.05, 0.1) is 29.4 Å². The summed E-state index contributed by atoms with van der Waals surface area (Å²) in [6.07, 6.45) is 4.75. The quantitative estimate of drug-likeness (QED) is 0.773. The second kappa shape index (κ2) is 5.89. The van der Waals surface area contributed by atoms with Crippen LogP contribution in [0.3, 0.4) is 0 Å². The fourth-order valence-electron chi connectivity index (χ4n) is 3.73. The number of nitrogens with one attached hydrogen (secondary N) is 1. The summed E-state index contributed by atoms with van der Waals surface area (Å²) >= 11 is 0. The Morgan fingerprint density at radius 3 is 3.08 bits per heavy atom. The van der Waals surface area contributed by atoms with Gasteiger partial charge in [-0.3, -0.25) is 0 Å². The van der Waals surface area contributed by atoms with Crippen molar-refractivity contribution >= 4 is 28.0 Å². The van der Waals surface area contributed by atoms with Gasteiger partial charge < -0.3 is 19.2 Å². The van der Waals surface area contributed by atoms with Gasteiger partial charge in [0.25, 0.3) is 0 Å². The molecule has 0 aliphatic carbocycles. The van der Waals surface area contributed by atoms with Crippen molar-refractivity contribution in [3.05, 3.63) is 23.7 Å². The first-order chi connectivity index (χ1) is 12.6. The van der Waals surface area contributed by atoms with E-state index in [1.54, 1.807) is 6.33 Å². The molecular formula is C19H22N4O3. The van der Waals surface area contributed by atoms with Gasteiger partial charge in [0.15, 0.2) is 11.4 Å². The Hall–Kier alpha value is -2.25. The largest absolute Gasteiger partial charge is 0.432 e. The zero-order valence-electron chi connectivity index (χ0n) is 15.0. The molecule has 2 aliphatic heterocycles. The minimum absolute atomic E-state index is 0.201. The van der Waals surface area contributed by atoms with E-state index in [1.165, 1.54) is 0 Å². The number of pyridine rings is 1. The second-order valence-electron chi connectivity index (χ2n) is 7.69. The van der Waals surface area contributed by atoms with Crippen molar-refractivity contribution < 1.29 is 13.9 Å². The van der Waals surface area contributed by atoms with Crippen molar-refractivity contribution in [2.75, 3.05) is 18.5 Å². The van der Waals surface area contributed by atoms with Gasteiger partial charge >= 0.3 is 0 Å². The summed E-state index contributed by atoms with van der Waals surface area (Å²) in [7, 11) is 0. The smallest absolute Gasteiger partial charge is 0.229 e. The van der Waals surface area contributed by atoms with E-state index >= 15 is 0 Å². The van der Waals surface area contributed by atoms with E-state index in [-0.39, 0.29) is 11.7 Å². The fourth-order valence-corrected chi connectivity index (χ4v) is 3.73. The molecule has 0 saturated carbocycles. The number of fused-ring (bicyclic) bond motifs is 4. The van der Waals surface area contributed by atoms with Crippen LogP contribution in [0.4, 0.5) is 5.82 Å². The highest BCUT2D eigenvalue weighted by Crippen LogP contribution is 2.34. The van der Waals surface area contributed by atoms with Crippen molar-refractivity contribution in [2.24, 2.45) is 0 Å². The summed E-state index contributed by atoms with van der Waals surface area (Å²) in [5, 5.41) is 4.26. The normalized spacial score (nSPS) is 22.0. The maximum Gasteiger partial charge on any atom is 0.229 e. The standard InChI is InChI=1S/C19H22N4O3/c1-19(2)7-14-11(9-25-19)6-13-15-16(26-18(13)23-14)17(22-10-21-15)20-8-12-4-3-5-24-12/h6,10,12H,3-5,7-9H2,1-2H3,(H,20,21,22)/t12-/m1/s1. The number of aromatic nitrogens is 3. The molecule has 3 aromatic heterocycles. The molecule has 7 nitrogen and oxygen atoms in total. The Kier molecular flexibility index (Phi) is 3.62. The molecule has 2 aliphatic rings. The molecule has 0 radical (unpaired) electrons. The van der Waals surface area contributed by atoms with Gasteiger partial charge in [-0.05, 0) is 32.8 Å². The van der Waals surface area contributed by atoms with E-state index < -0.39 is 0 Å². The lowest BCUT2D eigenvalue weighted by molar-refractivity contribution is -0.0411. The van der Waals surface area contributed by atoms with Crippen LogP contribution in [0.1, 0.15) is 37.9 Å². The molecule has 3 aromatic rings. The summed E-state index contributed by atoms with van der Waals surface area (Å²) < 4.78 is 17.6. The Labute approximate surface area is 151 Å². The molecular weight excluding hydrogens is 332 g/mol. The maximum absolute atomic E-state index is 6.05. The predicted molar refractivity (Wildman–Crippen MR) is 97.1 cm³/mol. The number of rotatable bonds is 3. The van der Waals surface area contributed by atoms with E-state index in [9.17, 15) is 0 Å². The number of hydrogen-bond donors (Lipinski definition) is 1. The van der Waals surface area contributed by atoms with Gasteiger partial charge in [0.1, 0.15) is 11.8 Å². The third-order valence-electron chi connectivity index (χ3n) is 5.15. The Morgan fingerprint density at radius 1 is 1.31 bits per heavy atom. The zero-order chi connectivity index (χ0) is 17.7. The molecule has 0 aromatic carbocycles. The van der Waals surface area contributed by atoms with E-state index in [4.69, 9.17) is 18.9 Å². The molecule has 1 saturated heterocycles. The van der Waals surface area contributed by atoms with Crippen LogP contribution < -0.4 is 5.32 Å². The van der Waals surface area contributed by atoms with Crippen LogP contribution in [-0.2, 0) is 22.5 Å². The molecule has 0 unspecified atom stereocenters. The highest BCUT2D eigenvalue weighted by Gasteiger charge is 2.28. The maximum atomic E-state index is 6.05. The average Bonchev–Trinajstić information content (AvgIpc) is 3.25. The van der Waals surface area contributed by atoms with Gasteiger partial charge in [-0.2, -0.15) is 0 Å². The molecule has 1 fully saturated rings. The Balaban J connectivity index is 1.54. The highest BCUT2D eigenvalue weighted by atomic mass is 16.5. The van der Waals surface area contributed by atoms with Crippen LogP contribution >= 0.6 is 0 Å². The summed E-state index contributed by atoms with van der Waals surface area (Å²) in [6.45, 7) is 6.28. The Morgan fingerprint density at radius 2 is 2.23 bits per heavy atom. The fraction of sp³-hybridized carbons (Fsp3) is 0.526. The van der Waals surface area contributed by atoms with E-state index in [1.807, 2.05) is 0 Å². The van der Waals surface area contributed by atoms with Gasteiger partial charge in [-0.25, -0.2) is 15.0 Å². The van der Waals surface area contributed by atoms with Crippen molar-refractivity contribution in [1.82, 2.24) is 15.0 Å². The topological polar surface area (TPSA) is 82.3 Å². The third kappa shape index (κ3) is 2.71. The van der Waals surface area contributed by atoms with Gasteiger partial charge in [0, 0.05) is 25.1 Å². The summed E-state index contributed by atoms with van der Waals surface area (Å²) in [5.41, 5.74) is 3.98. The van der Waals surface area contributed by atoms with Crippen LogP contribution in [-0.4, -0.2) is 39.8 Å². The molecule has 136 valence electrons. The molecule has 0 amide bonds. The van der Waals surface area contributed by atoms with Gasteiger partial charge in [-0.15, -0.1) is 0 Å². The van der Waals surface area contributed by atoms with Crippen LogP contribution in [0.15, 0.2) is 16.8 Å². The van der Waals surface area contributed by atoms with E-state index in [2.05, 4.69) is 35.2 Å². The van der Waals surface area contributed by atoms with Gasteiger partial charge in [-0.1, -0.05) is 0 Å². The second-order valence-corrected chi connectivity index (χ2v) is 7.69. The van der Waals surface area contributed by atoms with E-state index in [0.29, 0.717) is 23.7 Å². The van der Waals surface area contributed by atoms with Gasteiger partial charge in [0.2, 0.25) is 5.71 Å². The minimum Gasteiger partial charge on any atom is -0.432 e. The number of ether oxygens (including phenoxy) is 2. The van der Waals surface area contributed by atoms with Crippen LogP contribution in [0.2, 0.25) is 0 Å². The number of anilines is 1. The van der Waals surface area contributed by atoms with Crippen LogP contribution in [0.25, 0.3) is 22.2 Å². The first kappa shape index (κ1) is 16.0. The molecule has 1 N–H and O–H groups in total. The summed E-state index contributed by atoms with van der Waals surface area (Å²) in [5.74, 6) is 0.693. The Bertz CT molecular complexity index is 976. The molecule has 7 heteroatoms. The lowest BCUT2D eigenvalue weighted by atomic mass is 9.95. The molecule has 0 spiro atoms. The van der Waals surface area contributed by atoms with Crippen LogP contribution in [0.5, 0.6) is 0 Å². The molecule has 26 heavy (non-hydrogen) atoms. The molecule has 5 rings (SSSR count). The van der Waals surface area contributed by atoms with Crippen molar-refractivity contribution in [3.63, 3.8) is 0 Å². The first-order valence-corrected chi connectivity index (χ1v) is 9.14. The predicted octanol–water partition coefficient (Wildman–Crippen LogP) is 3.21. The lowest BCUT2D eigenvalue weighted by Crippen LogP contribution is -2.32. The number of hydrogen-bond acceptors (Lipinski definition) is 7. The average molecular weight is 354 g/mol. The summed E-state index contributed by atoms with van der Waals surface area (Å²) in [4.78, 5) is 13.6. The van der Waals surface area contributed by atoms with Crippen molar-refractivity contribution in [1.29, 1.82) is 0 Å². The third-order valence-corrected chi connectivity index (χ3v) is 5.15. The first-order valence-electron chi connectivity index (χ1n) is 9.14. The summed E-state index contributed by atoms with van der Waals surface area (Å²) in [6, 6.07) is 2.09. The van der Waals surface area contributed by atoms with E-state index in [0.717, 1.165) is 54.6 Å². The highest BCUT2D eigenvalue weighted by molar-refractivity contribution is 6.04. The lowest BCUT2D eigenvalue weighted by Gasteiger charge is -2.30. The number of furan rings is 1. The SMILES string of the molecule is CC1(C)Cc2nc3oc4c(NC[C@H]5CCCO5)ncnc4c3cc2CO1. The molecule has 0 bridgehead atoms.